The maximum atomic E-state index is 9.31. The second kappa shape index (κ2) is 5.55. The third-order valence-electron chi connectivity index (χ3n) is 3.69. The highest BCUT2D eigenvalue weighted by atomic mass is 16.5. The van der Waals surface area contributed by atoms with Crippen LogP contribution in [0, 0.1) is 0 Å². The van der Waals surface area contributed by atoms with Gasteiger partial charge in [-0.05, 0) is 19.4 Å². The van der Waals surface area contributed by atoms with Gasteiger partial charge in [-0.2, -0.15) is 0 Å². The number of hydrogen-bond acceptors (Lipinski definition) is 4. The minimum atomic E-state index is 0.226. The summed E-state index contributed by atoms with van der Waals surface area (Å²) in [6.07, 6.45) is 2.22. The van der Waals surface area contributed by atoms with Crippen LogP contribution in [0.4, 0.5) is 0 Å². The molecule has 0 amide bonds. The molecule has 1 aromatic heterocycles. The Morgan fingerprint density at radius 2 is 2.16 bits per heavy atom. The van der Waals surface area contributed by atoms with E-state index in [4.69, 9.17) is 4.52 Å². The topological polar surface area (TPSA) is 49.5 Å². The van der Waals surface area contributed by atoms with E-state index in [9.17, 15) is 5.11 Å². The van der Waals surface area contributed by atoms with Crippen LogP contribution in [-0.4, -0.2) is 34.4 Å². The van der Waals surface area contributed by atoms with Crippen molar-refractivity contribution in [3.8, 4) is 11.3 Å². The van der Waals surface area contributed by atoms with Crippen LogP contribution in [0.15, 0.2) is 40.9 Å². The van der Waals surface area contributed by atoms with Gasteiger partial charge in [-0.15, -0.1) is 0 Å². The number of aromatic nitrogens is 1. The van der Waals surface area contributed by atoms with Crippen LogP contribution in [0.3, 0.4) is 0 Å². The van der Waals surface area contributed by atoms with Gasteiger partial charge in [-0.3, -0.25) is 4.90 Å². The van der Waals surface area contributed by atoms with E-state index in [1.54, 1.807) is 0 Å². The molecule has 1 fully saturated rings. The second-order valence-corrected chi connectivity index (χ2v) is 5.00. The Morgan fingerprint density at radius 3 is 2.95 bits per heavy atom. The Bertz CT molecular complexity index is 524. The van der Waals surface area contributed by atoms with Gasteiger partial charge in [-0.1, -0.05) is 35.5 Å². The molecule has 0 saturated carbocycles. The molecular weight excluding hydrogens is 240 g/mol. The molecule has 19 heavy (non-hydrogen) atoms. The first kappa shape index (κ1) is 12.4. The molecule has 0 aliphatic carbocycles. The van der Waals surface area contributed by atoms with Crippen LogP contribution in [0.25, 0.3) is 11.3 Å². The monoisotopic (exact) mass is 258 g/mol. The fourth-order valence-electron chi connectivity index (χ4n) is 2.64. The van der Waals surface area contributed by atoms with E-state index in [0.717, 1.165) is 42.9 Å². The van der Waals surface area contributed by atoms with Gasteiger partial charge in [0.1, 0.15) is 0 Å². The summed E-state index contributed by atoms with van der Waals surface area (Å²) in [7, 11) is 0. The normalized spacial score (nSPS) is 19.9. The molecular formula is C15H18N2O2. The first-order chi connectivity index (χ1) is 9.36. The summed E-state index contributed by atoms with van der Waals surface area (Å²) in [6.45, 7) is 2.00. The lowest BCUT2D eigenvalue weighted by Gasteiger charge is -2.20. The van der Waals surface area contributed by atoms with Crippen LogP contribution in [0.1, 0.15) is 18.5 Å². The Hall–Kier alpha value is -1.65. The minimum Gasteiger partial charge on any atom is -0.395 e. The van der Waals surface area contributed by atoms with Gasteiger partial charge in [0.2, 0.25) is 0 Å². The largest absolute Gasteiger partial charge is 0.395 e. The number of nitrogens with zero attached hydrogens (tertiary/aromatic N) is 2. The van der Waals surface area contributed by atoms with Crippen molar-refractivity contribution < 1.29 is 9.63 Å². The third kappa shape index (κ3) is 2.69. The maximum Gasteiger partial charge on any atom is 0.167 e. The van der Waals surface area contributed by atoms with Crippen molar-refractivity contribution >= 4 is 0 Å². The van der Waals surface area contributed by atoms with Crippen LogP contribution < -0.4 is 0 Å². The summed E-state index contributed by atoms with van der Waals surface area (Å²) >= 11 is 0. The Morgan fingerprint density at radius 1 is 1.32 bits per heavy atom. The lowest BCUT2D eigenvalue weighted by molar-refractivity contribution is 0.151. The summed E-state index contributed by atoms with van der Waals surface area (Å²) in [5, 5.41) is 13.4. The minimum absolute atomic E-state index is 0.226. The van der Waals surface area contributed by atoms with Gasteiger partial charge in [-0.25, -0.2) is 0 Å². The predicted molar refractivity (Wildman–Crippen MR) is 72.5 cm³/mol. The third-order valence-corrected chi connectivity index (χ3v) is 3.69. The van der Waals surface area contributed by atoms with Gasteiger partial charge in [0.15, 0.2) is 5.76 Å². The molecule has 4 heteroatoms. The van der Waals surface area contributed by atoms with Crippen molar-refractivity contribution in [2.75, 3.05) is 13.2 Å². The van der Waals surface area contributed by atoms with Crippen molar-refractivity contribution in [3.05, 3.63) is 42.1 Å². The standard InChI is InChI=1S/C15H18N2O2/c18-11-14-7-4-8-17(14)10-13-9-15(19-16-13)12-5-2-1-3-6-12/h1-3,5-6,9,14,18H,4,7-8,10-11H2/t14-/m1/s1. The predicted octanol–water partition coefficient (Wildman–Crippen LogP) is 2.30. The molecule has 100 valence electrons. The molecule has 1 atom stereocenters. The number of rotatable bonds is 4. The van der Waals surface area contributed by atoms with Crippen LogP contribution >= 0.6 is 0 Å². The quantitative estimate of drug-likeness (QED) is 0.914. The summed E-state index contributed by atoms with van der Waals surface area (Å²) in [4.78, 5) is 2.27. The molecule has 0 radical (unpaired) electrons. The molecule has 2 heterocycles. The van der Waals surface area contributed by atoms with Gasteiger partial charge >= 0.3 is 0 Å². The highest BCUT2D eigenvalue weighted by molar-refractivity contribution is 5.56. The smallest absolute Gasteiger partial charge is 0.167 e. The van der Waals surface area contributed by atoms with Gasteiger partial charge < -0.3 is 9.63 Å². The number of aliphatic hydroxyl groups is 1. The zero-order valence-electron chi connectivity index (χ0n) is 10.8. The van der Waals surface area contributed by atoms with E-state index < -0.39 is 0 Å². The number of aliphatic hydroxyl groups excluding tert-OH is 1. The molecule has 1 aliphatic rings. The van der Waals surface area contributed by atoms with Gasteiger partial charge in [0, 0.05) is 24.2 Å². The number of benzene rings is 1. The average Bonchev–Trinajstić information content (AvgIpc) is 3.09. The molecule has 4 nitrogen and oxygen atoms in total. The summed E-state index contributed by atoms with van der Waals surface area (Å²) in [5.74, 6) is 0.801. The lowest BCUT2D eigenvalue weighted by Crippen LogP contribution is -2.31. The first-order valence-electron chi connectivity index (χ1n) is 6.73. The Labute approximate surface area is 112 Å². The molecule has 1 N–H and O–H groups in total. The average molecular weight is 258 g/mol. The first-order valence-corrected chi connectivity index (χ1v) is 6.73. The highest BCUT2D eigenvalue weighted by Crippen LogP contribution is 2.23. The molecule has 1 aliphatic heterocycles. The number of likely N-dealkylation sites (tertiary alicyclic amines) is 1. The molecule has 0 unspecified atom stereocenters. The van der Waals surface area contributed by atoms with E-state index in [2.05, 4.69) is 10.1 Å². The Kier molecular flexibility index (Phi) is 3.62. The van der Waals surface area contributed by atoms with E-state index >= 15 is 0 Å². The van der Waals surface area contributed by atoms with Crippen molar-refractivity contribution in [1.82, 2.24) is 10.1 Å². The Balaban J connectivity index is 1.72. The van der Waals surface area contributed by atoms with Crippen molar-refractivity contribution in [3.63, 3.8) is 0 Å². The second-order valence-electron chi connectivity index (χ2n) is 5.00. The summed E-state index contributed by atoms with van der Waals surface area (Å²) in [6, 6.07) is 12.2. The number of hydrogen-bond donors (Lipinski definition) is 1. The maximum absolute atomic E-state index is 9.31. The van der Waals surface area contributed by atoms with E-state index in [1.165, 1.54) is 0 Å². The van der Waals surface area contributed by atoms with Gasteiger partial charge in [0.05, 0.1) is 12.3 Å². The SMILES string of the molecule is OC[C@H]1CCCN1Cc1cc(-c2ccccc2)on1. The van der Waals surface area contributed by atoms with Crippen LogP contribution in [-0.2, 0) is 6.54 Å². The fourth-order valence-corrected chi connectivity index (χ4v) is 2.64. The van der Waals surface area contributed by atoms with Crippen molar-refractivity contribution in [2.24, 2.45) is 0 Å². The zero-order chi connectivity index (χ0) is 13.1. The van der Waals surface area contributed by atoms with Crippen LogP contribution in [0.2, 0.25) is 0 Å². The van der Waals surface area contributed by atoms with E-state index in [-0.39, 0.29) is 12.6 Å². The van der Waals surface area contributed by atoms with E-state index in [0.29, 0.717) is 0 Å². The highest BCUT2D eigenvalue weighted by Gasteiger charge is 2.24. The zero-order valence-corrected chi connectivity index (χ0v) is 10.8. The molecule has 0 bridgehead atoms. The molecule has 1 aromatic carbocycles. The molecule has 1 saturated heterocycles. The molecule has 3 rings (SSSR count). The van der Waals surface area contributed by atoms with Crippen molar-refractivity contribution in [1.29, 1.82) is 0 Å². The molecule has 0 spiro atoms. The van der Waals surface area contributed by atoms with Gasteiger partial charge in [0.25, 0.3) is 0 Å². The fraction of sp³-hybridized carbons (Fsp3) is 0.400. The van der Waals surface area contributed by atoms with E-state index in [1.807, 2.05) is 36.4 Å². The lowest BCUT2D eigenvalue weighted by atomic mass is 10.1. The van der Waals surface area contributed by atoms with Crippen LogP contribution in [0.5, 0.6) is 0 Å². The summed E-state index contributed by atoms with van der Waals surface area (Å²) < 4.78 is 5.39. The molecule has 2 aromatic rings. The van der Waals surface area contributed by atoms with Crippen molar-refractivity contribution in [2.45, 2.75) is 25.4 Å². The summed E-state index contributed by atoms with van der Waals surface area (Å²) in [5.41, 5.74) is 1.97.